The molecule has 0 atom stereocenters. The van der Waals surface area contributed by atoms with Crippen molar-refractivity contribution in [2.45, 2.75) is 38.6 Å². The van der Waals surface area contributed by atoms with Crippen molar-refractivity contribution < 1.29 is 4.79 Å². The summed E-state index contributed by atoms with van der Waals surface area (Å²) in [5.41, 5.74) is 2.72. The maximum absolute atomic E-state index is 12.9. The van der Waals surface area contributed by atoms with E-state index < -0.39 is 5.54 Å². The minimum absolute atomic E-state index is 0.120. The molecule has 33 heavy (non-hydrogen) atoms. The van der Waals surface area contributed by atoms with Crippen molar-refractivity contribution in [1.29, 1.82) is 5.26 Å². The summed E-state index contributed by atoms with van der Waals surface area (Å²) in [5.74, 6) is 0.619. The maximum Gasteiger partial charge on any atom is 0.183 e. The van der Waals surface area contributed by atoms with E-state index >= 15 is 0 Å². The monoisotopic (exact) mass is 433 g/mol. The van der Waals surface area contributed by atoms with Crippen LogP contribution in [0, 0.1) is 11.3 Å². The first-order valence-electron chi connectivity index (χ1n) is 11.4. The highest BCUT2D eigenvalue weighted by Crippen LogP contribution is 2.43. The van der Waals surface area contributed by atoms with Crippen LogP contribution in [0.4, 0.5) is 0 Å². The van der Waals surface area contributed by atoms with Crippen LogP contribution in [0.1, 0.15) is 65.4 Å². The number of nitriles is 1. The summed E-state index contributed by atoms with van der Waals surface area (Å²) in [6.45, 7) is 3.89. The Bertz CT molecular complexity index is 1170. The van der Waals surface area contributed by atoms with Gasteiger partial charge in [-0.2, -0.15) is 5.26 Å². The molecule has 1 aromatic heterocycles. The molecular weight excluding hydrogens is 406 g/mol. The van der Waals surface area contributed by atoms with Gasteiger partial charge in [-0.25, -0.2) is 4.98 Å². The molecule has 0 saturated heterocycles. The molecule has 0 aliphatic heterocycles. The Labute approximate surface area is 195 Å². The van der Waals surface area contributed by atoms with Crippen molar-refractivity contribution in [3.05, 3.63) is 125 Å². The molecule has 0 N–H and O–H groups in total. The topological polar surface area (TPSA) is 58.7 Å². The van der Waals surface area contributed by atoms with Crippen LogP contribution in [0.5, 0.6) is 0 Å². The first-order chi connectivity index (χ1) is 16.2. The molecule has 0 unspecified atom stereocenters. The first-order valence-corrected chi connectivity index (χ1v) is 11.4. The molecule has 0 radical (unpaired) electrons. The minimum atomic E-state index is -0.862. The van der Waals surface area contributed by atoms with Gasteiger partial charge in [0.2, 0.25) is 0 Å². The zero-order valence-corrected chi connectivity index (χ0v) is 19.0. The molecular formula is C29H27N3O. The molecule has 0 saturated carbocycles. The highest BCUT2D eigenvalue weighted by molar-refractivity contribution is 5.96. The molecule has 0 bridgehead atoms. The van der Waals surface area contributed by atoms with Crippen LogP contribution in [0.3, 0.4) is 0 Å². The number of Topliss-reactive ketones (excluding diaryl/α,β-unsaturated/α-hetero) is 1. The predicted octanol–water partition coefficient (Wildman–Crippen LogP) is 6.14. The number of nitrogens with zero attached hydrogens (tertiary/aromatic N) is 3. The van der Waals surface area contributed by atoms with E-state index in [4.69, 9.17) is 4.98 Å². The lowest BCUT2D eigenvalue weighted by Gasteiger charge is -2.39. The van der Waals surface area contributed by atoms with Gasteiger partial charge < -0.3 is 4.57 Å². The fourth-order valence-electron chi connectivity index (χ4n) is 4.61. The van der Waals surface area contributed by atoms with Crippen LogP contribution in [-0.2, 0) is 12.0 Å². The van der Waals surface area contributed by atoms with Crippen LogP contribution in [0.25, 0.3) is 0 Å². The summed E-state index contributed by atoms with van der Waals surface area (Å²) in [6, 6.07) is 32.9. The van der Waals surface area contributed by atoms with Crippen molar-refractivity contribution in [2.75, 3.05) is 0 Å². The molecule has 0 amide bonds. The standard InChI is InChI=1S/C29H27N3O/c1-3-14-27-31-28(26(33)4-2)25(21-30)32(27)29(22-15-8-5-9-16-22,23-17-10-6-11-18-23)24-19-12-7-13-20-24/h5-13,15-20H,3-4,14H2,1-2H3. The number of ketones is 1. The molecule has 4 aromatic rings. The third-order valence-corrected chi connectivity index (χ3v) is 6.02. The second-order valence-corrected chi connectivity index (χ2v) is 8.01. The number of hydrogen-bond donors (Lipinski definition) is 0. The Morgan fingerprint density at radius 3 is 1.67 bits per heavy atom. The minimum Gasteiger partial charge on any atom is -0.300 e. The summed E-state index contributed by atoms with van der Waals surface area (Å²) < 4.78 is 2.01. The average Bonchev–Trinajstić information content (AvgIpc) is 3.25. The Balaban J connectivity index is 2.24. The molecule has 0 aliphatic carbocycles. The van der Waals surface area contributed by atoms with Crippen molar-refractivity contribution >= 4 is 5.78 Å². The molecule has 3 aromatic carbocycles. The van der Waals surface area contributed by atoms with Crippen LogP contribution < -0.4 is 0 Å². The molecule has 164 valence electrons. The van der Waals surface area contributed by atoms with E-state index in [2.05, 4.69) is 49.4 Å². The SMILES string of the molecule is CCCc1nc(C(=O)CC)c(C#N)n1C(c1ccccc1)(c1ccccc1)c1ccccc1. The predicted molar refractivity (Wildman–Crippen MR) is 130 cm³/mol. The van der Waals surface area contributed by atoms with E-state index in [1.165, 1.54) is 0 Å². The van der Waals surface area contributed by atoms with Crippen molar-refractivity contribution in [3.63, 3.8) is 0 Å². The van der Waals surface area contributed by atoms with Gasteiger partial charge in [-0.15, -0.1) is 0 Å². The Morgan fingerprint density at radius 1 is 0.848 bits per heavy atom. The number of aromatic nitrogens is 2. The van der Waals surface area contributed by atoms with Gasteiger partial charge in [-0.05, 0) is 23.1 Å². The van der Waals surface area contributed by atoms with Crippen molar-refractivity contribution in [1.82, 2.24) is 9.55 Å². The fraction of sp³-hybridized carbons (Fsp3) is 0.207. The van der Waals surface area contributed by atoms with Gasteiger partial charge >= 0.3 is 0 Å². The zero-order valence-electron chi connectivity index (χ0n) is 19.0. The number of carbonyl (C=O) groups is 1. The van der Waals surface area contributed by atoms with Crippen LogP contribution in [-0.4, -0.2) is 15.3 Å². The molecule has 4 rings (SSSR count). The quantitative estimate of drug-likeness (QED) is 0.248. The smallest absolute Gasteiger partial charge is 0.183 e. The first kappa shape index (κ1) is 22.2. The number of benzene rings is 3. The molecule has 0 fully saturated rings. The Morgan fingerprint density at radius 2 is 1.30 bits per heavy atom. The summed E-state index contributed by atoms with van der Waals surface area (Å²) in [5, 5.41) is 10.4. The van der Waals surface area contributed by atoms with Crippen molar-refractivity contribution in [3.8, 4) is 6.07 Å². The highest BCUT2D eigenvalue weighted by Gasteiger charge is 2.42. The van der Waals surface area contributed by atoms with Gasteiger partial charge in [0.1, 0.15) is 23.1 Å². The zero-order chi connectivity index (χ0) is 23.3. The molecule has 1 heterocycles. The van der Waals surface area contributed by atoms with Gasteiger partial charge in [0.25, 0.3) is 0 Å². The fourth-order valence-corrected chi connectivity index (χ4v) is 4.61. The second-order valence-electron chi connectivity index (χ2n) is 8.01. The number of imidazole rings is 1. The summed E-state index contributed by atoms with van der Waals surface area (Å²) in [7, 11) is 0. The lowest BCUT2D eigenvalue weighted by Crippen LogP contribution is -2.40. The average molecular weight is 434 g/mol. The third kappa shape index (κ3) is 3.76. The molecule has 4 heteroatoms. The molecule has 4 nitrogen and oxygen atoms in total. The van der Waals surface area contributed by atoms with Crippen LogP contribution >= 0.6 is 0 Å². The van der Waals surface area contributed by atoms with Gasteiger partial charge in [0, 0.05) is 12.8 Å². The molecule has 0 spiro atoms. The lowest BCUT2D eigenvalue weighted by atomic mass is 9.76. The van der Waals surface area contributed by atoms with Gasteiger partial charge in [-0.1, -0.05) is 105 Å². The Kier molecular flexibility index (Phi) is 6.51. The number of carbonyl (C=O) groups excluding carboxylic acids is 1. The van der Waals surface area contributed by atoms with Crippen LogP contribution in [0.15, 0.2) is 91.0 Å². The van der Waals surface area contributed by atoms with E-state index in [0.717, 1.165) is 28.9 Å². The van der Waals surface area contributed by atoms with Gasteiger partial charge in [0.15, 0.2) is 11.5 Å². The number of aryl methyl sites for hydroxylation is 1. The summed E-state index contributed by atoms with van der Waals surface area (Å²) in [6.07, 6.45) is 1.79. The third-order valence-electron chi connectivity index (χ3n) is 6.02. The second kappa shape index (κ2) is 9.67. The van der Waals surface area contributed by atoms with E-state index in [1.54, 1.807) is 6.92 Å². The van der Waals surface area contributed by atoms with E-state index in [0.29, 0.717) is 18.5 Å². The summed E-state index contributed by atoms with van der Waals surface area (Å²) >= 11 is 0. The maximum atomic E-state index is 12.9. The van der Waals surface area contributed by atoms with Gasteiger partial charge in [0.05, 0.1) is 0 Å². The Hall–Kier alpha value is -3.97. The molecule has 0 aliphatic rings. The summed E-state index contributed by atoms with van der Waals surface area (Å²) in [4.78, 5) is 17.6. The lowest BCUT2D eigenvalue weighted by molar-refractivity contribution is 0.0983. The van der Waals surface area contributed by atoms with Crippen LogP contribution in [0.2, 0.25) is 0 Å². The highest BCUT2D eigenvalue weighted by atomic mass is 16.1. The normalized spacial score (nSPS) is 11.2. The largest absolute Gasteiger partial charge is 0.300 e. The van der Waals surface area contributed by atoms with E-state index in [9.17, 15) is 10.1 Å². The number of rotatable bonds is 8. The number of hydrogen-bond acceptors (Lipinski definition) is 3. The van der Waals surface area contributed by atoms with Crippen molar-refractivity contribution in [2.24, 2.45) is 0 Å². The van der Waals surface area contributed by atoms with Gasteiger partial charge in [-0.3, -0.25) is 4.79 Å². The van der Waals surface area contributed by atoms with E-state index in [1.807, 2.05) is 59.2 Å². The van der Waals surface area contributed by atoms with E-state index in [-0.39, 0.29) is 11.5 Å².